The monoisotopic (exact) mass is 390 g/mol. The first kappa shape index (κ1) is 18.9. The van der Waals surface area contributed by atoms with Crippen molar-refractivity contribution < 1.29 is 9.72 Å². The van der Waals surface area contributed by atoms with Gasteiger partial charge in [0.15, 0.2) is 5.52 Å². The van der Waals surface area contributed by atoms with E-state index < -0.39 is 4.92 Å². The highest BCUT2D eigenvalue weighted by molar-refractivity contribution is 5.97. The van der Waals surface area contributed by atoms with Crippen molar-refractivity contribution >= 4 is 28.2 Å². The summed E-state index contributed by atoms with van der Waals surface area (Å²) in [5.41, 5.74) is 3.12. The van der Waals surface area contributed by atoms with Crippen molar-refractivity contribution in [3.8, 4) is 0 Å². The Kier molecular flexibility index (Phi) is 5.12. The number of carbonyl (C=O) groups is 1. The van der Waals surface area contributed by atoms with Gasteiger partial charge in [0.25, 0.3) is 5.69 Å². The maximum Gasteiger partial charge on any atom is 0.295 e. The largest absolute Gasteiger partial charge is 0.367 e. The van der Waals surface area contributed by atoms with E-state index in [0.29, 0.717) is 38.1 Å². The third kappa shape index (κ3) is 3.89. The lowest BCUT2D eigenvalue weighted by Gasteiger charge is -2.36. The third-order valence-corrected chi connectivity index (χ3v) is 5.29. The topological polar surface area (TPSA) is 79.6 Å². The van der Waals surface area contributed by atoms with Crippen molar-refractivity contribution in [2.45, 2.75) is 13.3 Å². The highest BCUT2D eigenvalue weighted by Crippen LogP contribution is 2.32. The molecule has 0 radical (unpaired) electrons. The maximum absolute atomic E-state index is 12.6. The first-order chi connectivity index (χ1) is 14.0. The van der Waals surface area contributed by atoms with E-state index in [4.69, 9.17) is 0 Å². The third-order valence-electron chi connectivity index (χ3n) is 5.29. The maximum atomic E-state index is 12.6. The fourth-order valence-electron chi connectivity index (χ4n) is 3.83. The van der Waals surface area contributed by atoms with E-state index in [-0.39, 0.29) is 11.6 Å². The van der Waals surface area contributed by atoms with Crippen molar-refractivity contribution in [1.82, 2.24) is 9.88 Å². The molecule has 1 aliphatic heterocycles. The number of fused-ring (bicyclic) bond motifs is 1. The number of nitro benzene ring substituents is 1. The van der Waals surface area contributed by atoms with Gasteiger partial charge in [-0.25, -0.2) is 4.98 Å². The Hall–Kier alpha value is -3.48. The number of anilines is 1. The molecule has 3 aromatic rings. The number of carbonyl (C=O) groups excluding carboxylic acids is 1. The number of nitrogens with zero attached hydrogens (tertiary/aromatic N) is 4. The number of piperazine rings is 1. The minimum Gasteiger partial charge on any atom is -0.367 e. The van der Waals surface area contributed by atoms with Gasteiger partial charge < -0.3 is 9.80 Å². The predicted octanol–water partition coefficient (Wildman–Crippen LogP) is 3.34. The molecule has 1 saturated heterocycles. The van der Waals surface area contributed by atoms with Crippen molar-refractivity contribution in [3.05, 3.63) is 76.0 Å². The Bertz CT molecular complexity index is 1060. The summed E-state index contributed by atoms with van der Waals surface area (Å²) in [6, 6.07) is 16.8. The van der Waals surface area contributed by atoms with E-state index in [1.54, 1.807) is 6.07 Å². The van der Waals surface area contributed by atoms with Gasteiger partial charge in [-0.15, -0.1) is 0 Å². The van der Waals surface area contributed by atoms with E-state index in [0.717, 1.165) is 22.3 Å². The van der Waals surface area contributed by atoms with E-state index in [9.17, 15) is 14.9 Å². The Labute approximate surface area is 168 Å². The average molecular weight is 390 g/mol. The zero-order chi connectivity index (χ0) is 20.4. The molecule has 1 amide bonds. The molecule has 7 heteroatoms. The molecule has 148 valence electrons. The smallest absolute Gasteiger partial charge is 0.295 e. The number of non-ortho nitro benzene ring substituents is 1. The van der Waals surface area contributed by atoms with E-state index >= 15 is 0 Å². The van der Waals surface area contributed by atoms with Crippen molar-refractivity contribution in [1.29, 1.82) is 0 Å². The summed E-state index contributed by atoms with van der Waals surface area (Å²) in [5.74, 6) is 0.127. The summed E-state index contributed by atoms with van der Waals surface area (Å²) in [4.78, 5) is 32.1. The molecule has 0 bridgehead atoms. The molecular weight excluding hydrogens is 368 g/mol. The van der Waals surface area contributed by atoms with Gasteiger partial charge in [0.2, 0.25) is 5.91 Å². The van der Waals surface area contributed by atoms with Gasteiger partial charge in [-0.1, -0.05) is 42.5 Å². The highest BCUT2D eigenvalue weighted by Gasteiger charge is 2.24. The molecule has 1 aromatic heterocycles. The lowest BCUT2D eigenvalue weighted by molar-refractivity contribution is -0.383. The Balaban J connectivity index is 1.53. The lowest BCUT2D eigenvalue weighted by atomic mass is 10.1. The van der Waals surface area contributed by atoms with Gasteiger partial charge in [0, 0.05) is 49.0 Å². The van der Waals surface area contributed by atoms with Crippen LogP contribution in [0.15, 0.2) is 54.6 Å². The molecule has 2 aromatic carbocycles. The van der Waals surface area contributed by atoms with E-state index in [1.165, 1.54) is 6.07 Å². The molecule has 4 rings (SSSR count). The van der Waals surface area contributed by atoms with Crippen LogP contribution in [0.5, 0.6) is 0 Å². The van der Waals surface area contributed by atoms with Crippen LogP contribution >= 0.6 is 0 Å². The van der Waals surface area contributed by atoms with Crippen molar-refractivity contribution in [3.63, 3.8) is 0 Å². The normalized spacial score (nSPS) is 14.2. The summed E-state index contributed by atoms with van der Waals surface area (Å²) in [6.45, 7) is 4.47. The van der Waals surface area contributed by atoms with Crippen molar-refractivity contribution in [2.24, 2.45) is 0 Å². The molecule has 0 spiro atoms. The summed E-state index contributed by atoms with van der Waals surface area (Å²) in [6.07, 6.45) is 0.407. The number of nitro groups is 1. The number of benzene rings is 2. The van der Waals surface area contributed by atoms with Crippen LogP contribution in [-0.2, 0) is 11.2 Å². The molecular formula is C22H22N4O3. The zero-order valence-corrected chi connectivity index (χ0v) is 16.2. The molecule has 29 heavy (non-hydrogen) atoms. The van der Waals surface area contributed by atoms with E-state index in [2.05, 4.69) is 9.88 Å². The van der Waals surface area contributed by atoms with Crippen LogP contribution in [0.4, 0.5) is 11.4 Å². The second kappa shape index (κ2) is 7.87. The molecule has 0 N–H and O–H groups in total. The number of rotatable bonds is 4. The second-order valence-corrected chi connectivity index (χ2v) is 7.24. The van der Waals surface area contributed by atoms with Crippen LogP contribution < -0.4 is 4.90 Å². The van der Waals surface area contributed by atoms with E-state index in [1.807, 2.05) is 54.3 Å². The standard InChI is InChI=1S/C22H22N4O3/c1-16-14-20(18-8-5-9-19(26(28)29)22(18)23-16)24-10-12-25(13-11-24)21(27)15-17-6-3-2-4-7-17/h2-9,14H,10-13,15H2,1H3. The zero-order valence-electron chi connectivity index (χ0n) is 16.2. The Morgan fingerprint density at radius 3 is 2.48 bits per heavy atom. The van der Waals surface area contributed by atoms with Gasteiger partial charge >= 0.3 is 0 Å². The fourth-order valence-corrected chi connectivity index (χ4v) is 3.83. The van der Waals surface area contributed by atoms with Gasteiger partial charge in [-0.05, 0) is 18.6 Å². The van der Waals surface area contributed by atoms with Crippen LogP contribution in [-0.4, -0.2) is 46.9 Å². The first-order valence-corrected chi connectivity index (χ1v) is 9.64. The number of hydrogen-bond acceptors (Lipinski definition) is 5. The summed E-state index contributed by atoms with van der Waals surface area (Å²) in [7, 11) is 0. The van der Waals surface area contributed by atoms with Crippen LogP contribution in [0.3, 0.4) is 0 Å². The first-order valence-electron chi connectivity index (χ1n) is 9.64. The number of pyridine rings is 1. The predicted molar refractivity (Wildman–Crippen MR) is 112 cm³/mol. The summed E-state index contributed by atoms with van der Waals surface area (Å²) in [5, 5.41) is 12.2. The molecule has 2 heterocycles. The van der Waals surface area contributed by atoms with Gasteiger partial charge in [0.05, 0.1) is 11.3 Å². The lowest BCUT2D eigenvalue weighted by Crippen LogP contribution is -2.49. The second-order valence-electron chi connectivity index (χ2n) is 7.24. The minimum absolute atomic E-state index is 0.0177. The summed E-state index contributed by atoms with van der Waals surface area (Å²) >= 11 is 0. The quantitative estimate of drug-likeness (QED) is 0.504. The molecule has 0 atom stereocenters. The molecule has 1 aliphatic rings. The van der Waals surface area contributed by atoms with Crippen LogP contribution in [0.25, 0.3) is 10.9 Å². The van der Waals surface area contributed by atoms with Crippen molar-refractivity contribution in [2.75, 3.05) is 31.1 Å². The molecule has 0 unspecified atom stereocenters. The number of aryl methyl sites for hydroxylation is 1. The Morgan fingerprint density at radius 1 is 1.07 bits per heavy atom. The number of amides is 1. The van der Waals surface area contributed by atoms with Gasteiger partial charge in [-0.3, -0.25) is 14.9 Å². The molecule has 1 fully saturated rings. The molecule has 0 saturated carbocycles. The highest BCUT2D eigenvalue weighted by atomic mass is 16.6. The number of hydrogen-bond donors (Lipinski definition) is 0. The summed E-state index contributed by atoms with van der Waals surface area (Å²) < 4.78 is 0. The minimum atomic E-state index is -0.390. The average Bonchev–Trinajstić information content (AvgIpc) is 2.73. The van der Waals surface area contributed by atoms with Gasteiger partial charge in [-0.2, -0.15) is 0 Å². The van der Waals surface area contributed by atoms with Crippen LogP contribution in [0.1, 0.15) is 11.3 Å². The molecule has 0 aliphatic carbocycles. The van der Waals surface area contributed by atoms with Gasteiger partial charge in [0.1, 0.15) is 0 Å². The number of aromatic nitrogens is 1. The fraction of sp³-hybridized carbons (Fsp3) is 0.273. The number of para-hydroxylation sites is 1. The van der Waals surface area contributed by atoms with Crippen LogP contribution in [0.2, 0.25) is 0 Å². The SMILES string of the molecule is Cc1cc(N2CCN(C(=O)Cc3ccccc3)CC2)c2cccc([N+](=O)[O-])c2n1. The Morgan fingerprint density at radius 2 is 1.79 bits per heavy atom. The molecule has 7 nitrogen and oxygen atoms in total. The van der Waals surface area contributed by atoms with Crippen LogP contribution in [0, 0.1) is 17.0 Å².